The molecular weight excluding hydrogens is 683 g/mol. The van der Waals surface area contributed by atoms with Crippen molar-refractivity contribution >= 4 is 23.4 Å². The van der Waals surface area contributed by atoms with Crippen LogP contribution < -0.4 is 10.9 Å². The molecule has 0 radical (unpaired) electrons. The zero-order chi connectivity index (χ0) is 38.5. The number of hydrogen-bond acceptors (Lipinski definition) is 6. The van der Waals surface area contributed by atoms with Crippen LogP contribution in [0.15, 0.2) is 83.7 Å². The summed E-state index contributed by atoms with van der Waals surface area (Å²) in [5.74, 6) is -1.15. The predicted octanol–water partition coefficient (Wildman–Crippen LogP) is 5.83. The number of carbonyl (C=O) groups is 3. The van der Waals surface area contributed by atoms with Gasteiger partial charge < -0.3 is 20.2 Å². The summed E-state index contributed by atoms with van der Waals surface area (Å²) in [5, 5.41) is 18.1. The minimum atomic E-state index is -0.614. The summed E-state index contributed by atoms with van der Waals surface area (Å²) >= 11 is 0. The Kier molecular flexibility index (Phi) is 11.6. The molecule has 54 heavy (non-hydrogen) atoms. The van der Waals surface area contributed by atoms with Gasteiger partial charge in [-0.25, -0.2) is 9.36 Å². The van der Waals surface area contributed by atoms with Gasteiger partial charge in [0.2, 0.25) is 0 Å². The van der Waals surface area contributed by atoms with Gasteiger partial charge in [-0.2, -0.15) is 5.10 Å². The van der Waals surface area contributed by atoms with Crippen molar-refractivity contribution in [3.8, 4) is 11.4 Å². The van der Waals surface area contributed by atoms with Crippen molar-refractivity contribution in [1.82, 2.24) is 28.9 Å². The smallest absolute Gasteiger partial charge is 0.284 e. The van der Waals surface area contributed by atoms with Crippen molar-refractivity contribution in [2.75, 3.05) is 25.0 Å². The first-order valence-electron chi connectivity index (χ1n) is 18.7. The van der Waals surface area contributed by atoms with Crippen LogP contribution in [0, 0.1) is 13.8 Å². The Morgan fingerprint density at radius 1 is 0.907 bits per heavy atom. The number of nitrogens with zero attached hydrogens (tertiary/aromatic N) is 6. The van der Waals surface area contributed by atoms with E-state index in [1.54, 1.807) is 64.6 Å². The van der Waals surface area contributed by atoms with Gasteiger partial charge in [-0.05, 0) is 80.6 Å². The zero-order valence-corrected chi connectivity index (χ0v) is 31.7. The van der Waals surface area contributed by atoms with Crippen LogP contribution in [0.3, 0.4) is 0 Å². The molecule has 12 heteroatoms. The molecule has 3 amide bonds. The molecular formula is C42H49N7O5. The lowest BCUT2D eigenvalue weighted by Gasteiger charge is -2.36. The van der Waals surface area contributed by atoms with Crippen LogP contribution in [0.1, 0.15) is 93.2 Å². The van der Waals surface area contributed by atoms with E-state index in [0.717, 1.165) is 36.8 Å². The van der Waals surface area contributed by atoms with Crippen molar-refractivity contribution in [2.24, 2.45) is 7.05 Å². The Labute approximate surface area is 315 Å². The molecule has 0 saturated heterocycles. The van der Waals surface area contributed by atoms with Gasteiger partial charge in [-0.3, -0.25) is 23.9 Å². The molecule has 2 N–H and O–H groups in total. The number of aryl methyl sites for hydroxylation is 1. The Balaban J connectivity index is 1.40. The first-order chi connectivity index (χ1) is 26.1. The SMILES string of the molecule is CCCCN(CCCC)C(=O)c1cc(C)n(-c2ccc(NC(=O)c3c(C)n(C)n(-c4ccccc4)c3=O)cc2C(=O)N2Cc3ccccc3C[C@H]2CO)n1. The number of nitrogens with one attached hydrogen (secondary N) is 1. The van der Waals surface area contributed by atoms with Gasteiger partial charge in [0.05, 0.1) is 35.3 Å². The minimum absolute atomic E-state index is 0.0203. The number of aliphatic hydroxyl groups is 1. The average Bonchev–Trinajstić information content (AvgIpc) is 3.68. The molecule has 6 rings (SSSR count). The van der Waals surface area contributed by atoms with Crippen LogP contribution in [0.5, 0.6) is 0 Å². The van der Waals surface area contributed by atoms with Crippen LogP contribution in [-0.4, -0.2) is 77.5 Å². The monoisotopic (exact) mass is 731 g/mol. The topological polar surface area (TPSA) is 135 Å². The molecule has 1 atom stereocenters. The van der Waals surface area contributed by atoms with Crippen molar-refractivity contribution < 1.29 is 19.5 Å². The van der Waals surface area contributed by atoms with Gasteiger partial charge in [-0.1, -0.05) is 69.2 Å². The number of anilines is 1. The first-order valence-corrected chi connectivity index (χ1v) is 18.7. The van der Waals surface area contributed by atoms with Gasteiger partial charge in [-0.15, -0.1) is 0 Å². The summed E-state index contributed by atoms with van der Waals surface area (Å²) in [6.07, 6.45) is 4.17. The maximum absolute atomic E-state index is 14.7. The minimum Gasteiger partial charge on any atom is -0.394 e. The molecule has 0 unspecified atom stereocenters. The highest BCUT2D eigenvalue weighted by Gasteiger charge is 2.32. The summed E-state index contributed by atoms with van der Waals surface area (Å²) in [6, 6.07) is 23.1. The molecule has 5 aromatic rings. The maximum atomic E-state index is 14.7. The largest absolute Gasteiger partial charge is 0.394 e. The second kappa shape index (κ2) is 16.5. The van der Waals surface area contributed by atoms with Crippen molar-refractivity contribution in [3.63, 3.8) is 0 Å². The van der Waals surface area contributed by atoms with E-state index in [1.165, 1.54) is 4.68 Å². The van der Waals surface area contributed by atoms with E-state index in [1.807, 2.05) is 54.3 Å². The fourth-order valence-electron chi connectivity index (χ4n) is 7.13. The molecule has 0 aliphatic carbocycles. The number of rotatable bonds is 13. The lowest BCUT2D eigenvalue weighted by molar-refractivity contribution is 0.0544. The molecule has 3 aromatic carbocycles. The second-order valence-electron chi connectivity index (χ2n) is 13.9. The van der Waals surface area contributed by atoms with E-state index in [-0.39, 0.29) is 41.8 Å². The standard InChI is InChI=1S/C42H49N7O5/c1-6-8-21-46(22-9-7-2)41(53)36-23-28(3)48(44-36)37-20-19-32(25-35(37)40(52)47-26-31-16-14-13-15-30(31)24-34(47)27-50)43-39(51)38-29(4)45(5)49(42(38)54)33-17-11-10-12-18-33/h10-20,23,25,34,50H,6-9,21-22,24,26-27H2,1-5H3,(H,43,51)/t34-/m0/s1. The number of unbranched alkanes of at least 4 members (excludes halogenated alkanes) is 2. The van der Waals surface area contributed by atoms with Crippen LogP contribution in [-0.2, 0) is 20.0 Å². The van der Waals surface area contributed by atoms with E-state index in [0.29, 0.717) is 48.0 Å². The zero-order valence-electron chi connectivity index (χ0n) is 31.7. The van der Waals surface area contributed by atoms with Gasteiger partial charge in [0.25, 0.3) is 23.3 Å². The summed E-state index contributed by atoms with van der Waals surface area (Å²) in [6.45, 7) is 9.04. The Morgan fingerprint density at radius 2 is 1.57 bits per heavy atom. The maximum Gasteiger partial charge on any atom is 0.284 e. The van der Waals surface area contributed by atoms with E-state index in [2.05, 4.69) is 19.2 Å². The Bertz CT molecular complexity index is 2210. The molecule has 12 nitrogen and oxygen atoms in total. The van der Waals surface area contributed by atoms with Gasteiger partial charge in [0, 0.05) is 38.1 Å². The highest BCUT2D eigenvalue weighted by molar-refractivity contribution is 6.06. The van der Waals surface area contributed by atoms with E-state index < -0.39 is 17.5 Å². The number of benzene rings is 3. The van der Waals surface area contributed by atoms with Crippen molar-refractivity contribution in [3.05, 3.63) is 129 Å². The van der Waals surface area contributed by atoms with Crippen molar-refractivity contribution in [1.29, 1.82) is 0 Å². The van der Waals surface area contributed by atoms with E-state index in [9.17, 15) is 24.3 Å². The first kappa shape index (κ1) is 38.0. The number of carbonyl (C=O) groups excluding carboxylic acids is 3. The fraction of sp³-hybridized carbons (Fsp3) is 0.357. The van der Waals surface area contributed by atoms with Crippen LogP contribution in [0.2, 0.25) is 0 Å². The highest BCUT2D eigenvalue weighted by Crippen LogP contribution is 2.29. The molecule has 0 spiro atoms. The third-order valence-electron chi connectivity index (χ3n) is 10.3. The summed E-state index contributed by atoms with van der Waals surface area (Å²) < 4.78 is 4.67. The van der Waals surface area contributed by atoms with Crippen LogP contribution in [0.4, 0.5) is 5.69 Å². The van der Waals surface area contributed by atoms with E-state index >= 15 is 0 Å². The lowest BCUT2D eigenvalue weighted by atomic mass is 9.93. The van der Waals surface area contributed by atoms with Crippen LogP contribution in [0.25, 0.3) is 11.4 Å². The summed E-state index contributed by atoms with van der Waals surface area (Å²) in [5.41, 5.74) is 4.53. The highest BCUT2D eigenvalue weighted by atomic mass is 16.3. The normalized spacial score (nSPS) is 13.8. The van der Waals surface area contributed by atoms with E-state index in [4.69, 9.17) is 5.10 Å². The van der Waals surface area contributed by atoms with Gasteiger partial charge in [0.1, 0.15) is 5.56 Å². The molecule has 1 aliphatic heterocycles. The summed E-state index contributed by atoms with van der Waals surface area (Å²) in [7, 11) is 1.72. The molecule has 3 heterocycles. The average molecular weight is 732 g/mol. The molecule has 2 aromatic heterocycles. The molecule has 1 aliphatic rings. The fourth-order valence-corrected chi connectivity index (χ4v) is 7.13. The number of amides is 3. The number of hydrogen-bond donors (Lipinski definition) is 2. The quantitative estimate of drug-likeness (QED) is 0.157. The van der Waals surface area contributed by atoms with Gasteiger partial charge >= 0.3 is 0 Å². The Morgan fingerprint density at radius 3 is 2.24 bits per heavy atom. The van der Waals surface area contributed by atoms with Crippen LogP contribution >= 0.6 is 0 Å². The molecule has 282 valence electrons. The molecule has 0 fully saturated rings. The lowest BCUT2D eigenvalue weighted by Crippen LogP contribution is -2.46. The van der Waals surface area contributed by atoms with Gasteiger partial charge in [0.15, 0.2) is 5.69 Å². The van der Waals surface area contributed by atoms with Crippen molar-refractivity contribution in [2.45, 2.75) is 72.4 Å². The second-order valence-corrected chi connectivity index (χ2v) is 13.9. The number of aromatic nitrogens is 4. The number of para-hydroxylation sites is 1. The molecule has 0 saturated carbocycles. The molecule has 0 bridgehead atoms. The Hall–Kier alpha value is -5.75. The number of aliphatic hydroxyl groups excluding tert-OH is 1. The third kappa shape index (κ3) is 7.52. The summed E-state index contributed by atoms with van der Waals surface area (Å²) in [4.78, 5) is 59.5. The predicted molar refractivity (Wildman–Crippen MR) is 209 cm³/mol. The third-order valence-corrected chi connectivity index (χ3v) is 10.3. The number of fused-ring (bicyclic) bond motifs is 1.